The zero-order chi connectivity index (χ0) is 22.7. The molecular weight excluding hydrogens is 427 g/mol. The Bertz CT molecular complexity index is 1180. The molecule has 10 heteroatoms. The fourth-order valence-electron chi connectivity index (χ4n) is 3.04. The molecule has 0 radical (unpaired) electrons. The maximum atomic E-state index is 12.9. The summed E-state index contributed by atoms with van der Waals surface area (Å²) in [6, 6.07) is 13.3. The van der Waals surface area contributed by atoms with Crippen LogP contribution in [0.4, 0.5) is 18.9 Å². The van der Waals surface area contributed by atoms with Gasteiger partial charge in [-0.3, -0.25) is 14.6 Å². The Hall–Kier alpha value is -4.08. The number of carbonyl (C=O) groups is 2. The lowest BCUT2D eigenvalue weighted by atomic mass is 10.1. The van der Waals surface area contributed by atoms with Crippen molar-refractivity contribution in [2.75, 3.05) is 12.1 Å². The van der Waals surface area contributed by atoms with Crippen molar-refractivity contribution in [1.82, 2.24) is 10.3 Å². The van der Waals surface area contributed by atoms with Crippen molar-refractivity contribution < 1.29 is 32.2 Å². The lowest BCUT2D eigenvalue weighted by Gasteiger charge is -2.12. The first-order valence-corrected chi connectivity index (χ1v) is 9.41. The van der Waals surface area contributed by atoms with Gasteiger partial charge in [-0.25, -0.2) is 0 Å². The fourth-order valence-corrected chi connectivity index (χ4v) is 3.04. The van der Waals surface area contributed by atoms with Crippen molar-refractivity contribution in [1.29, 1.82) is 0 Å². The van der Waals surface area contributed by atoms with Crippen LogP contribution < -0.4 is 20.1 Å². The number of carbonyl (C=O) groups excluding carboxylic acids is 2. The van der Waals surface area contributed by atoms with E-state index in [9.17, 15) is 22.8 Å². The summed E-state index contributed by atoms with van der Waals surface area (Å²) in [4.78, 5) is 28.4. The molecule has 1 aromatic heterocycles. The van der Waals surface area contributed by atoms with Gasteiger partial charge in [0.2, 0.25) is 6.79 Å². The Kier molecular flexibility index (Phi) is 5.67. The van der Waals surface area contributed by atoms with Gasteiger partial charge in [-0.1, -0.05) is 18.2 Å². The van der Waals surface area contributed by atoms with Crippen LogP contribution in [-0.2, 0) is 12.7 Å². The molecule has 4 rings (SSSR count). The number of rotatable bonds is 5. The van der Waals surface area contributed by atoms with Gasteiger partial charge in [0.15, 0.2) is 11.5 Å². The molecule has 164 valence electrons. The molecule has 2 heterocycles. The van der Waals surface area contributed by atoms with Crippen molar-refractivity contribution in [2.24, 2.45) is 0 Å². The number of nitrogens with zero attached hydrogens (tertiary/aromatic N) is 1. The van der Waals surface area contributed by atoms with Crippen LogP contribution in [0.5, 0.6) is 11.5 Å². The van der Waals surface area contributed by atoms with E-state index in [1.807, 2.05) is 0 Å². The number of aromatic nitrogens is 1. The zero-order valence-electron chi connectivity index (χ0n) is 16.4. The molecule has 0 saturated heterocycles. The summed E-state index contributed by atoms with van der Waals surface area (Å²) >= 11 is 0. The van der Waals surface area contributed by atoms with Gasteiger partial charge < -0.3 is 20.1 Å². The van der Waals surface area contributed by atoms with E-state index in [-0.39, 0.29) is 30.2 Å². The first-order chi connectivity index (χ1) is 15.3. The van der Waals surface area contributed by atoms with E-state index >= 15 is 0 Å². The second kappa shape index (κ2) is 8.58. The van der Waals surface area contributed by atoms with E-state index in [4.69, 9.17) is 9.47 Å². The van der Waals surface area contributed by atoms with E-state index in [0.29, 0.717) is 17.6 Å². The molecule has 32 heavy (non-hydrogen) atoms. The summed E-state index contributed by atoms with van der Waals surface area (Å²) in [5, 5.41) is 5.23. The largest absolute Gasteiger partial charge is 0.454 e. The summed E-state index contributed by atoms with van der Waals surface area (Å²) in [5.41, 5.74) is -0.318. The van der Waals surface area contributed by atoms with Gasteiger partial charge in [-0.2, -0.15) is 13.2 Å². The molecule has 0 fully saturated rings. The van der Waals surface area contributed by atoms with Crippen molar-refractivity contribution in [3.63, 3.8) is 0 Å². The molecule has 3 aromatic rings. The lowest BCUT2D eigenvalue weighted by Crippen LogP contribution is -2.25. The Labute approximate surface area is 180 Å². The van der Waals surface area contributed by atoms with Crippen molar-refractivity contribution in [3.8, 4) is 11.5 Å². The van der Waals surface area contributed by atoms with Gasteiger partial charge in [-0.05, 0) is 42.0 Å². The van der Waals surface area contributed by atoms with Crippen LogP contribution in [-0.4, -0.2) is 23.6 Å². The Balaban J connectivity index is 1.46. The topological polar surface area (TPSA) is 89.6 Å². The first-order valence-electron chi connectivity index (χ1n) is 9.41. The van der Waals surface area contributed by atoms with Crippen LogP contribution in [0.2, 0.25) is 0 Å². The van der Waals surface area contributed by atoms with E-state index in [2.05, 4.69) is 15.6 Å². The standard InChI is InChI=1S/C22H16F3N3O4/c23-22(24,25)19-10-14(7-8-26-19)20(29)28-16-4-2-1-3-15(16)21(30)27-11-13-5-6-17-18(9-13)32-12-31-17/h1-10H,11-12H2,(H,27,30)(H,28,29). The number of pyridine rings is 1. The Morgan fingerprint density at radius 3 is 2.56 bits per heavy atom. The molecule has 2 N–H and O–H groups in total. The SMILES string of the molecule is O=C(Nc1ccccc1C(=O)NCc1ccc2c(c1)OCO2)c1ccnc(C(F)(F)F)c1. The molecule has 1 aliphatic rings. The smallest absolute Gasteiger partial charge is 0.433 e. The average molecular weight is 443 g/mol. The monoisotopic (exact) mass is 443 g/mol. The number of halogens is 3. The van der Waals surface area contributed by atoms with E-state index in [1.165, 1.54) is 12.1 Å². The van der Waals surface area contributed by atoms with Crippen molar-refractivity contribution in [2.45, 2.75) is 12.7 Å². The van der Waals surface area contributed by atoms with Crippen molar-refractivity contribution >= 4 is 17.5 Å². The Morgan fingerprint density at radius 1 is 0.969 bits per heavy atom. The summed E-state index contributed by atoms with van der Waals surface area (Å²) in [7, 11) is 0. The van der Waals surface area contributed by atoms with E-state index < -0.39 is 23.7 Å². The van der Waals surface area contributed by atoms with Gasteiger partial charge in [0.05, 0.1) is 11.3 Å². The molecule has 1 aliphatic heterocycles. The molecule has 0 atom stereocenters. The second-order valence-corrected chi connectivity index (χ2v) is 6.80. The minimum Gasteiger partial charge on any atom is -0.454 e. The number of benzene rings is 2. The number of hydrogen-bond acceptors (Lipinski definition) is 5. The highest BCUT2D eigenvalue weighted by molar-refractivity contribution is 6.09. The molecule has 0 saturated carbocycles. The number of ether oxygens (including phenoxy) is 2. The number of amides is 2. The fraction of sp³-hybridized carbons (Fsp3) is 0.136. The minimum absolute atomic E-state index is 0.139. The van der Waals surface area contributed by atoms with Crippen LogP contribution in [0, 0.1) is 0 Å². The highest BCUT2D eigenvalue weighted by Crippen LogP contribution is 2.32. The molecule has 0 aliphatic carbocycles. The first kappa shape index (κ1) is 21.2. The molecule has 0 bridgehead atoms. The summed E-state index contributed by atoms with van der Waals surface area (Å²) in [5.74, 6) is -0.0592. The Morgan fingerprint density at radius 2 is 1.75 bits per heavy atom. The minimum atomic E-state index is -4.68. The maximum absolute atomic E-state index is 12.9. The van der Waals surface area contributed by atoms with Crippen LogP contribution in [0.15, 0.2) is 60.8 Å². The maximum Gasteiger partial charge on any atom is 0.433 e. The number of alkyl halides is 3. The van der Waals surface area contributed by atoms with Gasteiger partial charge in [0.25, 0.3) is 11.8 Å². The third-order valence-electron chi connectivity index (χ3n) is 4.62. The second-order valence-electron chi connectivity index (χ2n) is 6.80. The number of para-hydroxylation sites is 1. The lowest BCUT2D eigenvalue weighted by molar-refractivity contribution is -0.141. The number of nitrogens with one attached hydrogen (secondary N) is 2. The molecular formula is C22H16F3N3O4. The molecule has 2 aromatic carbocycles. The van der Waals surface area contributed by atoms with E-state index in [0.717, 1.165) is 17.8 Å². The van der Waals surface area contributed by atoms with E-state index in [1.54, 1.807) is 30.3 Å². The summed E-state index contributed by atoms with van der Waals surface area (Å²) in [6.07, 6.45) is -3.77. The van der Waals surface area contributed by atoms with Crippen molar-refractivity contribution in [3.05, 3.63) is 83.2 Å². The third kappa shape index (κ3) is 4.64. The number of fused-ring (bicyclic) bond motifs is 1. The van der Waals surface area contributed by atoms with Crippen LogP contribution in [0.25, 0.3) is 0 Å². The van der Waals surface area contributed by atoms with Crippen LogP contribution in [0.3, 0.4) is 0 Å². The normalized spacial score (nSPS) is 12.3. The summed E-state index contributed by atoms with van der Waals surface area (Å²) in [6.45, 7) is 0.331. The summed E-state index contributed by atoms with van der Waals surface area (Å²) < 4.78 is 49.1. The third-order valence-corrected chi connectivity index (χ3v) is 4.62. The molecule has 0 unspecified atom stereocenters. The van der Waals surface area contributed by atoms with Gasteiger partial charge >= 0.3 is 6.18 Å². The number of hydrogen-bond donors (Lipinski definition) is 2. The highest BCUT2D eigenvalue weighted by atomic mass is 19.4. The number of anilines is 1. The quantitative estimate of drug-likeness (QED) is 0.622. The van der Waals surface area contributed by atoms with Crippen LogP contribution in [0.1, 0.15) is 32.0 Å². The molecule has 7 nitrogen and oxygen atoms in total. The van der Waals surface area contributed by atoms with Crippen LogP contribution >= 0.6 is 0 Å². The molecule has 0 spiro atoms. The predicted octanol–water partition coefficient (Wildman–Crippen LogP) is 4.01. The average Bonchev–Trinajstić information content (AvgIpc) is 3.25. The van der Waals surface area contributed by atoms with Gasteiger partial charge in [-0.15, -0.1) is 0 Å². The van der Waals surface area contributed by atoms with Gasteiger partial charge in [0.1, 0.15) is 5.69 Å². The highest BCUT2D eigenvalue weighted by Gasteiger charge is 2.33. The zero-order valence-corrected chi connectivity index (χ0v) is 16.4. The molecule has 2 amide bonds. The van der Waals surface area contributed by atoms with Gasteiger partial charge in [0, 0.05) is 18.3 Å². The predicted molar refractivity (Wildman–Crippen MR) is 107 cm³/mol.